The third kappa shape index (κ3) is 2.41. The Morgan fingerprint density at radius 1 is 1.27 bits per heavy atom. The highest BCUT2D eigenvalue weighted by atomic mass is 32.1. The lowest BCUT2D eigenvalue weighted by Gasteiger charge is -2.36. The van der Waals surface area contributed by atoms with Crippen LogP contribution in [0.1, 0.15) is 24.8 Å². The zero-order valence-electron chi connectivity index (χ0n) is 12.4. The molecule has 0 aliphatic carbocycles. The van der Waals surface area contributed by atoms with Gasteiger partial charge in [0.1, 0.15) is 0 Å². The van der Waals surface area contributed by atoms with Crippen molar-refractivity contribution in [1.29, 1.82) is 0 Å². The quantitative estimate of drug-likeness (QED) is 0.729. The van der Waals surface area contributed by atoms with Gasteiger partial charge >= 0.3 is 0 Å². The number of anilines is 1. The summed E-state index contributed by atoms with van der Waals surface area (Å²) in [6, 6.07) is 13.1. The second-order valence-electron chi connectivity index (χ2n) is 5.63. The van der Waals surface area contributed by atoms with Gasteiger partial charge in [-0.05, 0) is 42.8 Å². The number of thiophene rings is 1. The van der Waals surface area contributed by atoms with Crippen LogP contribution in [0.4, 0.5) is 5.69 Å². The Labute approximate surface area is 133 Å². The molecular weight excluding hydrogens is 294 g/mol. The van der Waals surface area contributed by atoms with E-state index in [2.05, 4.69) is 46.2 Å². The van der Waals surface area contributed by atoms with Crippen molar-refractivity contribution in [3.05, 3.63) is 53.2 Å². The molecule has 0 saturated carbocycles. The van der Waals surface area contributed by atoms with Crippen molar-refractivity contribution < 1.29 is 4.52 Å². The molecule has 3 heterocycles. The largest absolute Gasteiger partial charge is 0.359 e. The van der Waals surface area contributed by atoms with Crippen molar-refractivity contribution in [2.24, 2.45) is 0 Å². The van der Waals surface area contributed by atoms with Crippen LogP contribution in [0, 0.1) is 0 Å². The number of nitrogens with zero attached hydrogens (tertiary/aromatic N) is 3. The molecule has 1 aliphatic heterocycles. The van der Waals surface area contributed by atoms with Crippen molar-refractivity contribution >= 4 is 17.0 Å². The van der Waals surface area contributed by atoms with Crippen LogP contribution in [0.15, 0.2) is 46.3 Å². The maximum atomic E-state index is 5.46. The van der Waals surface area contributed by atoms with Crippen LogP contribution in [0.25, 0.3) is 10.7 Å². The fraction of sp³-hybridized carbons (Fsp3) is 0.294. The molecule has 0 radical (unpaired) electrons. The van der Waals surface area contributed by atoms with Crippen LogP contribution >= 0.6 is 11.3 Å². The summed E-state index contributed by atoms with van der Waals surface area (Å²) >= 11 is 1.63. The molecular formula is C17H17N3OS. The number of aryl methyl sites for hydroxylation is 1. The van der Waals surface area contributed by atoms with Crippen molar-refractivity contribution in [2.75, 3.05) is 4.90 Å². The maximum absolute atomic E-state index is 5.46. The first-order valence-corrected chi connectivity index (χ1v) is 8.40. The van der Waals surface area contributed by atoms with Gasteiger partial charge in [-0.15, -0.1) is 11.3 Å². The Hall–Kier alpha value is -2.14. The molecule has 112 valence electrons. The molecule has 0 unspecified atom stereocenters. The standard InChI is InChI=1S/C17H17N3OS/c1-12-8-9-13-5-2-3-6-14(13)20(12)11-16-18-17(19-21-16)15-7-4-10-22-15/h2-7,10,12H,8-9,11H2,1H3/t12-/m1/s1. The molecule has 5 heteroatoms. The van der Waals surface area contributed by atoms with Gasteiger partial charge in [0, 0.05) is 11.7 Å². The Kier molecular flexibility index (Phi) is 3.42. The van der Waals surface area contributed by atoms with E-state index in [0.717, 1.165) is 17.7 Å². The summed E-state index contributed by atoms with van der Waals surface area (Å²) in [5.74, 6) is 1.36. The monoisotopic (exact) mass is 311 g/mol. The molecule has 3 aromatic rings. The number of rotatable bonds is 3. The van der Waals surface area contributed by atoms with Gasteiger partial charge in [-0.3, -0.25) is 0 Å². The number of fused-ring (bicyclic) bond motifs is 1. The van der Waals surface area contributed by atoms with Crippen LogP contribution in [0.3, 0.4) is 0 Å². The van der Waals surface area contributed by atoms with E-state index < -0.39 is 0 Å². The predicted molar refractivity (Wildman–Crippen MR) is 88.0 cm³/mol. The van der Waals surface area contributed by atoms with E-state index in [1.165, 1.54) is 11.3 Å². The molecule has 4 nitrogen and oxygen atoms in total. The molecule has 0 saturated heterocycles. The minimum absolute atomic E-state index is 0.479. The summed E-state index contributed by atoms with van der Waals surface area (Å²) in [5, 5.41) is 6.12. The normalized spacial score (nSPS) is 17.5. The number of benzene rings is 1. The van der Waals surface area contributed by atoms with E-state index in [1.807, 2.05) is 17.5 Å². The maximum Gasteiger partial charge on any atom is 0.246 e. The van der Waals surface area contributed by atoms with E-state index in [4.69, 9.17) is 4.52 Å². The van der Waals surface area contributed by atoms with Gasteiger partial charge in [-0.25, -0.2) is 0 Å². The van der Waals surface area contributed by atoms with Crippen LogP contribution < -0.4 is 4.90 Å². The lowest BCUT2D eigenvalue weighted by molar-refractivity contribution is 0.369. The number of para-hydroxylation sites is 1. The third-order valence-corrected chi connectivity index (χ3v) is 5.05. The lowest BCUT2D eigenvalue weighted by Crippen LogP contribution is -2.36. The molecule has 0 spiro atoms. The zero-order chi connectivity index (χ0) is 14.9. The SMILES string of the molecule is C[C@@H]1CCc2ccccc2N1Cc1nc(-c2cccs2)no1. The van der Waals surface area contributed by atoms with Gasteiger partial charge in [0.05, 0.1) is 11.4 Å². The van der Waals surface area contributed by atoms with E-state index >= 15 is 0 Å². The number of hydrogen-bond donors (Lipinski definition) is 0. The predicted octanol–water partition coefficient (Wildman–Crippen LogP) is 4.14. The van der Waals surface area contributed by atoms with Gasteiger partial charge in [0.25, 0.3) is 0 Å². The summed E-state index contributed by atoms with van der Waals surface area (Å²) in [4.78, 5) is 7.95. The molecule has 0 fully saturated rings. The first-order valence-electron chi connectivity index (χ1n) is 7.52. The molecule has 1 aliphatic rings. The van der Waals surface area contributed by atoms with Gasteiger partial charge < -0.3 is 9.42 Å². The smallest absolute Gasteiger partial charge is 0.246 e. The van der Waals surface area contributed by atoms with Gasteiger partial charge in [-0.1, -0.05) is 29.4 Å². The van der Waals surface area contributed by atoms with Crippen LogP contribution in [-0.4, -0.2) is 16.2 Å². The lowest BCUT2D eigenvalue weighted by atomic mass is 9.97. The highest BCUT2D eigenvalue weighted by molar-refractivity contribution is 7.13. The second kappa shape index (κ2) is 5.57. The first-order chi connectivity index (χ1) is 10.8. The topological polar surface area (TPSA) is 42.2 Å². The molecule has 2 aromatic heterocycles. The van der Waals surface area contributed by atoms with Crippen LogP contribution in [0.2, 0.25) is 0 Å². The molecule has 0 amide bonds. The van der Waals surface area contributed by atoms with E-state index in [1.54, 1.807) is 11.3 Å². The Morgan fingerprint density at radius 3 is 3.05 bits per heavy atom. The van der Waals surface area contributed by atoms with E-state index in [9.17, 15) is 0 Å². The second-order valence-corrected chi connectivity index (χ2v) is 6.58. The van der Waals surface area contributed by atoms with Crippen LogP contribution in [0.5, 0.6) is 0 Å². The van der Waals surface area contributed by atoms with Crippen LogP contribution in [-0.2, 0) is 13.0 Å². The Bertz CT molecular complexity index is 766. The summed E-state index contributed by atoms with van der Waals surface area (Å²) < 4.78 is 5.46. The zero-order valence-corrected chi connectivity index (χ0v) is 13.2. The van der Waals surface area contributed by atoms with E-state index in [-0.39, 0.29) is 0 Å². The van der Waals surface area contributed by atoms with Crippen molar-refractivity contribution in [1.82, 2.24) is 10.1 Å². The summed E-state index contributed by atoms with van der Waals surface area (Å²) in [7, 11) is 0. The molecule has 1 aromatic carbocycles. The number of aromatic nitrogens is 2. The first kappa shape index (κ1) is 13.5. The highest BCUT2D eigenvalue weighted by Crippen LogP contribution is 2.32. The van der Waals surface area contributed by atoms with Gasteiger partial charge in [-0.2, -0.15) is 4.98 Å². The Morgan fingerprint density at radius 2 is 2.18 bits per heavy atom. The van der Waals surface area contributed by atoms with Crippen molar-refractivity contribution in [2.45, 2.75) is 32.4 Å². The van der Waals surface area contributed by atoms with Gasteiger partial charge in [0.2, 0.25) is 11.7 Å². The minimum Gasteiger partial charge on any atom is -0.359 e. The molecule has 22 heavy (non-hydrogen) atoms. The molecule has 4 rings (SSSR count). The average Bonchev–Trinajstić information content (AvgIpc) is 3.21. The molecule has 1 atom stereocenters. The summed E-state index contributed by atoms with van der Waals surface area (Å²) in [6.07, 6.45) is 2.29. The van der Waals surface area contributed by atoms with Gasteiger partial charge in [0.15, 0.2) is 0 Å². The fourth-order valence-corrected chi connectivity index (χ4v) is 3.62. The fourth-order valence-electron chi connectivity index (χ4n) is 2.97. The molecule has 0 bridgehead atoms. The summed E-state index contributed by atoms with van der Waals surface area (Å²) in [5.41, 5.74) is 2.69. The molecule has 0 N–H and O–H groups in total. The Balaban J connectivity index is 1.61. The average molecular weight is 311 g/mol. The number of hydrogen-bond acceptors (Lipinski definition) is 5. The highest BCUT2D eigenvalue weighted by Gasteiger charge is 2.24. The third-order valence-electron chi connectivity index (χ3n) is 4.18. The van der Waals surface area contributed by atoms with E-state index in [0.29, 0.717) is 24.3 Å². The summed E-state index contributed by atoms with van der Waals surface area (Å²) in [6.45, 7) is 2.92. The van der Waals surface area contributed by atoms with Crippen molar-refractivity contribution in [3.8, 4) is 10.7 Å². The van der Waals surface area contributed by atoms with Crippen molar-refractivity contribution in [3.63, 3.8) is 0 Å². The minimum atomic E-state index is 0.479.